The Kier molecular flexibility index (Phi) is 4.57. The zero-order chi connectivity index (χ0) is 14.5. The van der Waals surface area contributed by atoms with Gasteiger partial charge in [0.2, 0.25) is 0 Å². The van der Waals surface area contributed by atoms with Gasteiger partial charge in [0, 0.05) is 5.92 Å². The molecule has 0 amide bonds. The highest BCUT2D eigenvalue weighted by Gasteiger charge is 2.17. The monoisotopic (exact) mass is 268 g/mol. The Hall–Kier alpha value is -2.09. The van der Waals surface area contributed by atoms with Crippen LogP contribution in [0.2, 0.25) is 0 Å². The molecule has 1 N–H and O–H groups in total. The largest absolute Gasteiger partial charge is 0.481 e. The maximum Gasteiger partial charge on any atom is 0.304 e. The summed E-state index contributed by atoms with van der Waals surface area (Å²) in [5, 5.41) is 9.18. The molecule has 0 heterocycles. The maximum absolute atomic E-state index is 11.2. The number of hydrogen-bond acceptors (Lipinski definition) is 1. The van der Waals surface area contributed by atoms with Crippen molar-refractivity contribution in [3.63, 3.8) is 0 Å². The van der Waals surface area contributed by atoms with Gasteiger partial charge in [0.05, 0.1) is 6.42 Å². The van der Waals surface area contributed by atoms with Crippen molar-refractivity contribution in [3.8, 4) is 0 Å². The van der Waals surface area contributed by atoms with Crippen molar-refractivity contribution < 1.29 is 9.90 Å². The summed E-state index contributed by atoms with van der Waals surface area (Å²) in [5.74, 6) is -0.852. The van der Waals surface area contributed by atoms with Crippen molar-refractivity contribution in [1.29, 1.82) is 0 Å². The van der Waals surface area contributed by atoms with Gasteiger partial charge in [0.25, 0.3) is 0 Å². The Morgan fingerprint density at radius 1 is 1.10 bits per heavy atom. The van der Waals surface area contributed by atoms with Crippen LogP contribution in [-0.4, -0.2) is 11.1 Å². The second kappa shape index (κ2) is 6.38. The van der Waals surface area contributed by atoms with Crippen molar-refractivity contribution in [1.82, 2.24) is 0 Å². The number of aliphatic carboxylic acids is 1. The van der Waals surface area contributed by atoms with E-state index in [2.05, 4.69) is 37.3 Å². The van der Waals surface area contributed by atoms with Crippen LogP contribution in [0.15, 0.2) is 48.5 Å². The summed E-state index contributed by atoms with van der Waals surface area (Å²) < 4.78 is 0. The van der Waals surface area contributed by atoms with E-state index in [0.29, 0.717) is 0 Å². The average molecular weight is 268 g/mol. The summed E-state index contributed by atoms with van der Waals surface area (Å²) >= 11 is 0. The van der Waals surface area contributed by atoms with Crippen LogP contribution in [0, 0.1) is 6.92 Å². The minimum atomic E-state index is -0.768. The van der Waals surface area contributed by atoms with E-state index in [1.807, 2.05) is 25.1 Å². The Labute approximate surface area is 120 Å². The molecule has 0 radical (unpaired) electrons. The standard InChI is InChI=1S/C18H20O2/c1-3-14-7-9-15(10-8-14)17(12-18(19)20)16-6-4-5-13(2)11-16/h4-11,17H,3,12H2,1-2H3,(H,19,20). The van der Waals surface area contributed by atoms with Gasteiger partial charge >= 0.3 is 5.97 Å². The summed E-state index contributed by atoms with van der Waals surface area (Å²) in [6, 6.07) is 16.4. The van der Waals surface area contributed by atoms with Gasteiger partial charge < -0.3 is 5.11 Å². The molecule has 0 saturated heterocycles. The molecule has 2 nitrogen and oxygen atoms in total. The highest BCUT2D eigenvalue weighted by atomic mass is 16.4. The van der Waals surface area contributed by atoms with E-state index in [0.717, 1.165) is 23.1 Å². The van der Waals surface area contributed by atoms with Crippen LogP contribution in [-0.2, 0) is 11.2 Å². The van der Waals surface area contributed by atoms with E-state index >= 15 is 0 Å². The van der Waals surface area contributed by atoms with Crippen molar-refractivity contribution >= 4 is 5.97 Å². The second-order valence-corrected chi connectivity index (χ2v) is 5.16. The molecule has 0 aliphatic carbocycles. The predicted molar refractivity (Wildman–Crippen MR) is 81.1 cm³/mol. The van der Waals surface area contributed by atoms with Gasteiger partial charge in [-0.25, -0.2) is 0 Å². The Morgan fingerprint density at radius 2 is 1.80 bits per heavy atom. The fourth-order valence-electron chi connectivity index (χ4n) is 2.48. The fraction of sp³-hybridized carbons (Fsp3) is 0.278. The highest BCUT2D eigenvalue weighted by Crippen LogP contribution is 2.29. The predicted octanol–water partition coefficient (Wildman–Crippen LogP) is 4.16. The molecular formula is C18H20O2. The first-order valence-electron chi connectivity index (χ1n) is 6.97. The molecule has 2 aromatic carbocycles. The number of carboxylic acids is 1. The normalized spacial score (nSPS) is 12.1. The van der Waals surface area contributed by atoms with Crippen LogP contribution in [0.1, 0.15) is 41.5 Å². The second-order valence-electron chi connectivity index (χ2n) is 5.16. The summed E-state index contributed by atoms with van der Waals surface area (Å²) in [7, 11) is 0. The number of carboxylic acid groups (broad SMARTS) is 1. The summed E-state index contributed by atoms with van der Waals surface area (Å²) in [6.07, 6.45) is 1.11. The van der Waals surface area contributed by atoms with Gasteiger partial charge in [-0.05, 0) is 30.0 Å². The van der Waals surface area contributed by atoms with Gasteiger partial charge in [0.1, 0.15) is 0 Å². The lowest BCUT2D eigenvalue weighted by atomic mass is 9.87. The molecule has 0 aliphatic heterocycles. The van der Waals surface area contributed by atoms with Gasteiger partial charge in [0.15, 0.2) is 0 Å². The number of benzene rings is 2. The van der Waals surface area contributed by atoms with Crippen molar-refractivity contribution in [2.75, 3.05) is 0 Å². The molecule has 2 rings (SSSR count). The molecule has 0 bridgehead atoms. The number of hydrogen-bond donors (Lipinski definition) is 1. The van der Waals surface area contributed by atoms with Crippen molar-refractivity contribution in [3.05, 3.63) is 70.8 Å². The minimum absolute atomic E-state index is 0.0849. The lowest BCUT2D eigenvalue weighted by Crippen LogP contribution is -2.08. The molecule has 0 spiro atoms. The quantitative estimate of drug-likeness (QED) is 0.884. The lowest BCUT2D eigenvalue weighted by Gasteiger charge is -2.17. The van der Waals surface area contributed by atoms with Crippen LogP contribution in [0.5, 0.6) is 0 Å². The Morgan fingerprint density at radius 3 is 2.35 bits per heavy atom. The Bertz CT molecular complexity index is 585. The maximum atomic E-state index is 11.2. The van der Waals surface area contributed by atoms with E-state index < -0.39 is 5.97 Å². The Balaban J connectivity index is 2.38. The van der Waals surface area contributed by atoms with Crippen molar-refractivity contribution in [2.24, 2.45) is 0 Å². The zero-order valence-electron chi connectivity index (χ0n) is 12.0. The molecule has 20 heavy (non-hydrogen) atoms. The minimum Gasteiger partial charge on any atom is -0.481 e. The summed E-state index contributed by atoms with van der Waals surface area (Å²) in [5.41, 5.74) is 4.56. The third-order valence-corrected chi connectivity index (χ3v) is 3.61. The van der Waals surface area contributed by atoms with Gasteiger partial charge in [-0.2, -0.15) is 0 Å². The molecule has 2 heteroatoms. The molecule has 0 aliphatic rings. The van der Waals surface area contributed by atoms with Crippen LogP contribution in [0.25, 0.3) is 0 Å². The van der Waals surface area contributed by atoms with Gasteiger partial charge in [-0.1, -0.05) is 61.0 Å². The average Bonchev–Trinajstić information content (AvgIpc) is 2.45. The first-order chi connectivity index (χ1) is 9.60. The molecule has 1 atom stereocenters. The summed E-state index contributed by atoms with van der Waals surface area (Å²) in [4.78, 5) is 11.2. The first kappa shape index (κ1) is 14.3. The molecule has 0 saturated carbocycles. The van der Waals surface area contributed by atoms with E-state index in [1.54, 1.807) is 0 Å². The topological polar surface area (TPSA) is 37.3 Å². The van der Waals surface area contributed by atoms with Gasteiger partial charge in [-0.15, -0.1) is 0 Å². The highest BCUT2D eigenvalue weighted by molar-refractivity contribution is 5.69. The molecule has 2 aromatic rings. The van der Waals surface area contributed by atoms with E-state index in [9.17, 15) is 9.90 Å². The van der Waals surface area contributed by atoms with Crippen LogP contribution < -0.4 is 0 Å². The van der Waals surface area contributed by atoms with Crippen LogP contribution >= 0.6 is 0 Å². The molecule has 0 fully saturated rings. The molecule has 1 unspecified atom stereocenters. The fourth-order valence-corrected chi connectivity index (χ4v) is 2.48. The van der Waals surface area contributed by atoms with Gasteiger partial charge in [-0.3, -0.25) is 4.79 Å². The zero-order valence-corrected chi connectivity index (χ0v) is 12.0. The number of rotatable bonds is 5. The number of carbonyl (C=O) groups is 1. The molecular weight excluding hydrogens is 248 g/mol. The summed E-state index contributed by atoms with van der Waals surface area (Å²) in [6.45, 7) is 4.14. The SMILES string of the molecule is CCc1ccc(C(CC(=O)O)c2cccc(C)c2)cc1. The number of aryl methyl sites for hydroxylation is 2. The molecule has 104 valence electrons. The third kappa shape index (κ3) is 3.47. The smallest absolute Gasteiger partial charge is 0.304 e. The van der Waals surface area contributed by atoms with E-state index in [-0.39, 0.29) is 12.3 Å². The lowest BCUT2D eigenvalue weighted by molar-refractivity contribution is -0.137. The van der Waals surface area contributed by atoms with Crippen molar-refractivity contribution in [2.45, 2.75) is 32.6 Å². The van der Waals surface area contributed by atoms with Crippen LogP contribution in [0.4, 0.5) is 0 Å². The van der Waals surface area contributed by atoms with Crippen LogP contribution in [0.3, 0.4) is 0 Å². The van der Waals surface area contributed by atoms with E-state index in [4.69, 9.17) is 0 Å². The third-order valence-electron chi connectivity index (χ3n) is 3.61. The van der Waals surface area contributed by atoms with E-state index in [1.165, 1.54) is 5.56 Å². The molecule has 0 aromatic heterocycles. The first-order valence-corrected chi connectivity index (χ1v) is 6.97.